The van der Waals surface area contributed by atoms with Gasteiger partial charge in [-0.05, 0) is 43.0 Å². The van der Waals surface area contributed by atoms with Crippen molar-refractivity contribution in [2.75, 3.05) is 18.4 Å². The summed E-state index contributed by atoms with van der Waals surface area (Å²) in [6.07, 6.45) is 0. The van der Waals surface area contributed by atoms with Gasteiger partial charge in [-0.25, -0.2) is 0 Å². The molecule has 136 valence electrons. The topological polar surface area (TPSA) is 59.6 Å². The summed E-state index contributed by atoms with van der Waals surface area (Å²) in [6.45, 7) is 5.78. The second-order valence-corrected chi connectivity index (χ2v) is 7.51. The van der Waals surface area contributed by atoms with Crippen molar-refractivity contribution in [1.29, 1.82) is 0 Å². The minimum absolute atomic E-state index is 0.0470. The summed E-state index contributed by atoms with van der Waals surface area (Å²) < 4.78 is 5.42. The highest BCUT2D eigenvalue weighted by molar-refractivity contribution is 7.13. The SMILES string of the molecule is CC[NH+](CC(=O)Nc1cc(Cl)ccc1C)Cc1cc(-c2cccs2)on1. The van der Waals surface area contributed by atoms with Crippen LogP contribution in [-0.2, 0) is 11.3 Å². The van der Waals surface area contributed by atoms with Crippen LogP contribution in [0.25, 0.3) is 10.6 Å². The zero-order chi connectivity index (χ0) is 18.5. The molecule has 7 heteroatoms. The maximum atomic E-state index is 12.4. The van der Waals surface area contributed by atoms with Gasteiger partial charge in [-0.15, -0.1) is 11.3 Å². The van der Waals surface area contributed by atoms with Gasteiger partial charge < -0.3 is 14.7 Å². The molecule has 0 saturated heterocycles. The Morgan fingerprint density at radius 3 is 2.92 bits per heavy atom. The van der Waals surface area contributed by atoms with Crippen molar-refractivity contribution in [3.8, 4) is 10.6 Å². The number of thiophene rings is 1. The van der Waals surface area contributed by atoms with Gasteiger partial charge in [-0.3, -0.25) is 4.79 Å². The van der Waals surface area contributed by atoms with Gasteiger partial charge in [0.25, 0.3) is 5.91 Å². The molecule has 0 saturated carbocycles. The minimum Gasteiger partial charge on any atom is -0.355 e. The number of aromatic nitrogens is 1. The lowest BCUT2D eigenvalue weighted by atomic mass is 10.2. The minimum atomic E-state index is -0.0470. The van der Waals surface area contributed by atoms with Crippen molar-refractivity contribution >= 4 is 34.5 Å². The van der Waals surface area contributed by atoms with E-state index in [2.05, 4.69) is 10.5 Å². The lowest BCUT2D eigenvalue weighted by Crippen LogP contribution is -3.11. The van der Waals surface area contributed by atoms with Crippen LogP contribution in [0.2, 0.25) is 5.02 Å². The number of hydrogen-bond acceptors (Lipinski definition) is 4. The van der Waals surface area contributed by atoms with Crippen molar-refractivity contribution in [2.24, 2.45) is 0 Å². The molecule has 2 aromatic heterocycles. The predicted octanol–water partition coefficient (Wildman–Crippen LogP) is 3.41. The molecule has 2 heterocycles. The fourth-order valence-corrected chi connectivity index (χ4v) is 3.49. The molecular weight excluding hydrogens is 370 g/mol. The Hall–Kier alpha value is -2.15. The Kier molecular flexibility index (Phi) is 6.08. The Bertz CT molecular complexity index is 877. The van der Waals surface area contributed by atoms with Gasteiger partial charge in [-0.1, -0.05) is 28.9 Å². The lowest BCUT2D eigenvalue weighted by molar-refractivity contribution is -0.904. The van der Waals surface area contributed by atoms with Gasteiger partial charge in [0, 0.05) is 16.8 Å². The van der Waals surface area contributed by atoms with Crippen molar-refractivity contribution in [1.82, 2.24) is 5.16 Å². The Balaban J connectivity index is 1.60. The van der Waals surface area contributed by atoms with E-state index in [-0.39, 0.29) is 5.91 Å². The fourth-order valence-electron chi connectivity index (χ4n) is 2.65. The summed E-state index contributed by atoms with van der Waals surface area (Å²) in [7, 11) is 0. The fraction of sp³-hybridized carbons (Fsp3) is 0.263. The number of rotatable bonds is 7. The van der Waals surface area contributed by atoms with Crippen LogP contribution in [0.1, 0.15) is 18.2 Å². The molecule has 5 nitrogen and oxygen atoms in total. The number of nitrogens with zero attached hydrogens (tertiary/aromatic N) is 1. The third kappa shape index (κ3) is 4.72. The van der Waals surface area contributed by atoms with E-state index in [1.54, 1.807) is 17.4 Å². The lowest BCUT2D eigenvalue weighted by Gasteiger charge is -2.16. The first-order valence-electron chi connectivity index (χ1n) is 8.44. The Morgan fingerprint density at radius 1 is 1.35 bits per heavy atom. The number of carbonyl (C=O) groups excluding carboxylic acids is 1. The number of aryl methyl sites for hydroxylation is 1. The smallest absolute Gasteiger partial charge is 0.279 e. The van der Waals surface area contributed by atoms with Crippen LogP contribution >= 0.6 is 22.9 Å². The standard InChI is InChI=1S/C19H20ClN3O2S/c1-3-23(11-15-10-17(25-22-15)18-5-4-8-26-18)12-19(24)21-16-9-14(20)7-6-13(16)2/h4-10H,3,11-12H2,1-2H3,(H,21,24)/p+1. The van der Waals surface area contributed by atoms with Gasteiger partial charge in [0.2, 0.25) is 0 Å². The van der Waals surface area contributed by atoms with Crippen molar-refractivity contribution in [3.05, 3.63) is 58.1 Å². The molecule has 3 rings (SSSR count). The first kappa shape index (κ1) is 18.6. The zero-order valence-corrected chi connectivity index (χ0v) is 16.3. The van der Waals surface area contributed by atoms with Crippen LogP contribution in [0.15, 0.2) is 46.3 Å². The van der Waals surface area contributed by atoms with E-state index < -0.39 is 0 Å². The number of anilines is 1. The molecule has 0 fully saturated rings. The number of hydrogen-bond donors (Lipinski definition) is 2. The highest BCUT2D eigenvalue weighted by Crippen LogP contribution is 2.24. The molecule has 1 atom stereocenters. The average Bonchev–Trinajstić information content (AvgIpc) is 3.28. The Labute approximate surface area is 161 Å². The van der Waals surface area contributed by atoms with Crippen molar-refractivity contribution in [2.45, 2.75) is 20.4 Å². The molecule has 0 spiro atoms. The molecule has 0 aliphatic rings. The molecule has 0 bridgehead atoms. The second-order valence-electron chi connectivity index (χ2n) is 6.12. The third-order valence-electron chi connectivity index (χ3n) is 4.14. The maximum absolute atomic E-state index is 12.4. The van der Waals surface area contributed by atoms with Gasteiger partial charge in [0.05, 0.1) is 11.4 Å². The molecule has 1 aromatic carbocycles. The van der Waals surface area contributed by atoms with Gasteiger partial charge >= 0.3 is 0 Å². The van der Waals surface area contributed by atoms with E-state index in [1.165, 1.54) is 0 Å². The summed E-state index contributed by atoms with van der Waals surface area (Å²) in [4.78, 5) is 14.6. The molecule has 0 radical (unpaired) electrons. The molecule has 26 heavy (non-hydrogen) atoms. The molecular formula is C19H21ClN3O2S+. The largest absolute Gasteiger partial charge is 0.355 e. The van der Waals surface area contributed by atoms with Crippen molar-refractivity contribution < 1.29 is 14.2 Å². The molecule has 1 unspecified atom stereocenters. The monoisotopic (exact) mass is 390 g/mol. The van der Waals surface area contributed by atoms with Gasteiger partial charge in [-0.2, -0.15) is 0 Å². The maximum Gasteiger partial charge on any atom is 0.279 e. The second kappa shape index (κ2) is 8.49. The first-order chi connectivity index (χ1) is 12.5. The molecule has 2 N–H and O–H groups in total. The summed E-state index contributed by atoms with van der Waals surface area (Å²) in [5.74, 6) is 0.721. The highest BCUT2D eigenvalue weighted by Gasteiger charge is 2.17. The number of carbonyl (C=O) groups is 1. The predicted molar refractivity (Wildman–Crippen MR) is 105 cm³/mol. The number of quaternary nitrogens is 1. The molecule has 1 amide bonds. The number of amides is 1. The molecule has 3 aromatic rings. The van der Waals surface area contributed by atoms with Crippen LogP contribution in [0.3, 0.4) is 0 Å². The summed E-state index contributed by atoms with van der Waals surface area (Å²) in [5.41, 5.74) is 2.58. The van der Waals surface area contributed by atoms with Crippen LogP contribution in [-0.4, -0.2) is 24.2 Å². The van der Waals surface area contributed by atoms with E-state index in [0.29, 0.717) is 18.1 Å². The summed E-state index contributed by atoms with van der Waals surface area (Å²) >= 11 is 7.62. The molecule has 0 aliphatic carbocycles. The van der Waals surface area contributed by atoms with Crippen LogP contribution < -0.4 is 10.2 Å². The number of nitrogens with one attached hydrogen (secondary N) is 2. The van der Waals surface area contributed by atoms with Crippen molar-refractivity contribution in [3.63, 3.8) is 0 Å². The van der Waals surface area contributed by atoms with Crippen LogP contribution in [0, 0.1) is 6.92 Å². The summed E-state index contributed by atoms with van der Waals surface area (Å²) in [5, 5.41) is 9.69. The van der Waals surface area contributed by atoms with E-state index in [1.807, 2.05) is 49.6 Å². The zero-order valence-electron chi connectivity index (χ0n) is 14.7. The number of benzene rings is 1. The third-order valence-corrected chi connectivity index (χ3v) is 5.26. The van der Waals surface area contributed by atoms with E-state index in [9.17, 15) is 4.79 Å². The highest BCUT2D eigenvalue weighted by atomic mass is 35.5. The van der Waals surface area contributed by atoms with Gasteiger partial charge in [0.1, 0.15) is 12.2 Å². The van der Waals surface area contributed by atoms with E-state index >= 15 is 0 Å². The Morgan fingerprint density at radius 2 is 2.19 bits per heavy atom. The average molecular weight is 391 g/mol. The van der Waals surface area contributed by atoms with Crippen LogP contribution in [0.4, 0.5) is 5.69 Å². The van der Waals surface area contributed by atoms with Crippen LogP contribution in [0.5, 0.6) is 0 Å². The van der Waals surface area contributed by atoms with E-state index in [4.69, 9.17) is 16.1 Å². The molecule has 0 aliphatic heterocycles. The number of halogens is 1. The summed E-state index contributed by atoms with van der Waals surface area (Å²) in [6, 6.07) is 11.4. The van der Waals surface area contributed by atoms with E-state index in [0.717, 1.165) is 39.0 Å². The normalized spacial score (nSPS) is 12.1. The number of likely N-dealkylation sites (N-methyl/N-ethyl adjacent to an activating group) is 1. The first-order valence-corrected chi connectivity index (χ1v) is 9.70. The quantitative estimate of drug-likeness (QED) is 0.650. The van der Waals surface area contributed by atoms with Gasteiger partial charge in [0.15, 0.2) is 12.3 Å².